The number of rotatable bonds is 1. The van der Waals surface area contributed by atoms with Crippen molar-refractivity contribution in [3.63, 3.8) is 0 Å². The van der Waals surface area contributed by atoms with E-state index in [0.717, 1.165) is 58.5 Å². The summed E-state index contributed by atoms with van der Waals surface area (Å²) in [6, 6.07) is 0.691. The van der Waals surface area contributed by atoms with Crippen LogP contribution in [0.3, 0.4) is 0 Å². The summed E-state index contributed by atoms with van der Waals surface area (Å²) in [7, 11) is 0. The van der Waals surface area contributed by atoms with Crippen LogP contribution in [0.5, 0.6) is 0 Å². The van der Waals surface area contributed by atoms with Gasteiger partial charge in [-0.3, -0.25) is 4.79 Å². The van der Waals surface area contributed by atoms with Gasteiger partial charge in [0.05, 0.1) is 35.6 Å². The van der Waals surface area contributed by atoms with Crippen molar-refractivity contribution in [1.82, 2.24) is 0 Å². The first-order valence-electron chi connectivity index (χ1n) is 7.24. The summed E-state index contributed by atoms with van der Waals surface area (Å²) in [5.41, 5.74) is 0.0471. The van der Waals surface area contributed by atoms with Crippen LogP contribution in [0.4, 0.5) is 0 Å². The van der Waals surface area contributed by atoms with Crippen molar-refractivity contribution >= 4 is 28.4 Å². The molecular weight excluding hydrogens is 341 g/mol. The number of quaternary nitrogens is 1. The molecule has 1 aliphatic carbocycles. The molecule has 0 aromatic rings. The summed E-state index contributed by atoms with van der Waals surface area (Å²) in [5.74, 6) is 0.574. The Hall–Kier alpha value is 0.320. The average Bonchev–Trinajstić information content (AvgIpc) is 2.69. The lowest BCUT2D eigenvalue weighted by Gasteiger charge is -2.43. The Morgan fingerprint density at radius 3 is 2.78 bits per heavy atom. The number of nitrogens with zero attached hydrogens (tertiary/aromatic N) is 1. The Morgan fingerprint density at radius 2 is 2.11 bits per heavy atom. The van der Waals surface area contributed by atoms with E-state index in [1.165, 1.54) is 15.3 Å². The van der Waals surface area contributed by atoms with Gasteiger partial charge in [-0.2, -0.15) is 0 Å². The highest BCUT2D eigenvalue weighted by molar-refractivity contribution is 14.1. The minimum atomic E-state index is 0.0471. The van der Waals surface area contributed by atoms with E-state index in [1.807, 2.05) is 0 Å². The molecule has 102 valence electrons. The SMILES string of the molecule is O=C1CCCCC12CC(CI)[N+]1(CCOCC1)C2. The molecule has 2 atom stereocenters. The molecule has 3 nitrogen and oxygen atoms in total. The van der Waals surface area contributed by atoms with Gasteiger partial charge < -0.3 is 9.22 Å². The van der Waals surface area contributed by atoms with Crippen LogP contribution in [0.25, 0.3) is 0 Å². The molecule has 2 heterocycles. The minimum Gasteiger partial charge on any atom is -0.370 e. The van der Waals surface area contributed by atoms with Crippen LogP contribution >= 0.6 is 22.6 Å². The Labute approximate surface area is 123 Å². The lowest BCUT2D eigenvalue weighted by Crippen LogP contribution is -2.59. The first kappa shape index (κ1) is 13.3. The normalized spacial score (nSPS) is 39.6. The molecule has 1 saturated carbocycles. The third-order valence-electron chi connectivity index (χ3n) is 5.46. The number of carbonyl (C=O) groups excluding carboxylic acids is 1. The van der Waals surface area contributed by atoms with Gasteiger partial charge in [0.25, 0.3) is 0 Å². The van der Waals surface area contributed by atoms with Gasteiger partial charge in [-0.15, -0.1) is 0 Å². The van der Waals surface area contributed by atoms with Crippen molar-refractivity contribution < 1.29 is 14.0 Å². The zero-order valence-electron chi connectivity index (χ0n) is 11.0. The van der Waals surface area contributed by atoms with E-state index >= 15 is 0 Å². The smallest absolute Gasteiger partial charge is 0.144 e. The zero-order chi connectivity index (χ0) is 12.6. The maximum atomic E-state index is 12.5. The molecule has 3 rings (SSSR count). The number of ketones is 1. The first-order valence-corrected chi connectivity index (χ1v) is 8.76. The van der Waals surface area contributed by atoms with Gasteiger partial charge in [0, 0.05) is 12.8 Å². The Balaban J connectivity index is 1.86. The van der Waals surface area contributed by atoms with E-state index in [2.05, 4.69) is 22.6 Å². The Morgan fingerprint density at radius 1 is 1.33 bits per heavy atom. The molecule has 3 fully saturated rings. The largest absolute Gasteiger partial charge is 0.370 e. The molecule has 0 amide bonds. The number of carbonyl (C=O) groups is 1. The monoisotopic (exact) mass is 364 g/mol. The molecule has 4 heteroatoms. The minimum absolute atomic E-state index is 0.0471. The number of hydrogen-bond donors (Lipinski definition) is 0. The molecule has 0 N–H and O–H groups in total. The maximum absolute atomic E-state index is 12.5. The van der Waals surface area contributed by atoms with Gasteiger partial charge in [0.2, 0.25) is 0 Å². The predicted molar refractivity (Wildman–Crippen MR) is 78.9 cm³/mol. The molecule has 18 heavy (non-hydrogen) atoms. The van der Waals surface area contributed by atoms with E-state index in [1.54, 1.807) is 0 Å². The summed E-state index contributed by atoms with van der Waals surface area (Å²) >= 11 is 2.52. The highest BCUT2D eigenvalue weighted by atomic mass is 127. The van der Waals surface area contributed by atoms with E-state index in [9.17, 15) is 4.79 Å². The van der Waals surface area contributed by atoms with E-state index in [-0.39, 0.29) is 5.41 Å². The van der Waals surface area contributed by atoms with Gasteiger partial charge in [-0.25, -0.2) is 0 Å². The summed E-state index contributed by atoms with van der Waals surface area (Å²) in [5, 5.41) is 0. The fraction of sp³-hybridized carbons (Fsp3) is 0.929. The van der Waals surface area contributed by atoms with Crippen molar-refractivity contribution in [3.05, 3.63) is 0 Å². The predicted octanol–water partition coefficient (Wildman–Crippen LogP) is 2.17. The van der Waals surface area contributed by atoms with Crippen LogP contribution in [-0.2, 0) is 9.53 Å². The molecular formula is C14H23INO2+. The third kappa shape index (κ3) is 2.04. The fourth-order valence-corrected chi connectivity index (χ4v) is 5.56. The zero-order valence-corrected chi connectivity index (χ0v) is 13.2. The molecule has 2 spiro atoms. The lowest BCUT2D eigenvalue weighted by molar-refractivity contribution is -0.945. The van der Waals surface area contributed by atoms with Crippen molar-refractivity contribution in [1.29, 1.82) is 0 Å². The van der Waals surface area contributed by atoms with Gasteiger partial charge in [-0.05, 0) is 12.8 Å². The van der Waals surface area contributed by atoms with Gasteiger partial charge in [-0.1, -0.05) is 29.0 Å². The molecule has 0 aromatic carbocycles. The Kier molecular flexibility index (Phi) is 3.71. The van der Waals surface area contributed by atoms with Gasteiger partial charge in [0.1, 0.15) is 18.9 Å². The van der Waals surface area contributed by atoms with Crippen LogP contribution in [0.1, 0.15) is 32.1 Å². The van der Waals surface area contributed by atoms with Crippen LogP contribution in [0.15, 0.2) is 0 Å². The quantitative estimate of drug-likeness (QED) is 0.405. The number of Topliss-reactive ketones (excluding diaryl/α,β-unsaturated/α-hetero) is 1. The molecule has 2 aliphatic heterocycles. The first-order chi connectivity index (χ1) is 8.71. The van der Waals surface area contributed by atoms with Crippen molar-refractivity contribution in [3.8, 4) is 0 Å². The number of halogens is 1. The van der Waals surface area contributed by atoms with Crippen LogP contribution < -0.4 is 0 Å². The summed E-state index contributed by atoms with van der Waals surface area (Å²) in [4.78, 5) is 12.5. The van der Waals surface area contributed by atoms with Crippen LogP contribution in [0.2, 0.25) is 0 Å². The number of ether oxygens (including phenoxy) is 1. The van der Waals surface area contributed by atoms with Crippen molar-refractivity contribution in [2.24, 2.45) is 5.41 Å². The van der Waals surface area contributed by atoms with Gasteiger partial charge >= 0.3 is 0 Å². The van der Waals surface area contributed by atoms with Crippen molar-refractivity contribution in [2.45, 2.75) is 38.1 Å². The second-order valence-corrected chi connectivity index (χ2v) is 7.24. The van der Waals surface area contributed by atoms with E-state index in [4.69, 9.17) is 4.74 Å². The average molecular weight is 364 g/mol. The van der Waals surface area contributed by atoms with Crippen LogP contribution in [-0.4, -0.2) is 53.6 Å². The lowest BCUT2D eigenvalue weighted by atomic mass is 9.72. The molecule has 2 saturated heterocycles. The second-order valence-electron chi connectivity index (χ2n) is 6.36. The van der Waals surface area contributed by atoms with Gasteiger partial charge in [0.15, 0.2) is 0 Å². The van der Waals surface area contributed by atoms with E-state index < -0.39 is 0 Å². The number of alkyl halides is 1. The third-order valence-corrected chi connectivity index (χ3v) is 6.48. The second kappa shape index (κ2) is 5.02. The summed E-state index contributed by atoms with van der Waals surface area (Å²) in [6.45, 7) is 5.14. The number of morpholine rings is 1. The molecule has 2 unspecified atom stereocenters. The highest BCUT2D eigenvalue weighted by Crippen LogP contribution is 2.48. The highest BCUT2D eigenvalue weighted by Gasteiger charge is 2.58. The standard InChI is InChI=1S/C14H23INO2/c15-10-12-9-14(4-2-1-3-13(14)17)11-16(12)5-7-18-8-6-16/h12H,1-11H2/q+1. The Bertz CT molecular complexity index is 341. The van der Waals surface area contributed by atoms with E-state index in [0.29, 0.717) is 11.8 Å². The molecule has 0 bridgehead atoms. The molecule has 3 aliphatic rings. The topological polar surface area (TPSA) is 26.3 Å². The molecule has 0 radical (unpaired) electrons. The molecule has 0 aromatic heterocycles. The van der Waals surface area contributed by atoms with Crippen LogP contribution in [0, 0.1) is 5.41 Å². The summed E-state index contributed by atoms with van der Waals surface area (Å²) in [6.07, 6.45) is 5.52. The fourth-order valence-electron chi connectivity index (χ4n) is 4.41. The summed E-state index contributed by atoms with van der Waals surface area (Å²) < 4.78 is 7.91. The maximum Gasteiger partial charge on any atom is 0.144 e. The van der Waals surface area contributed by atoms with Crippen molar-refractivity contribution in [2.75, 3.05) is 37.3 Å². The number of hydrogen-bond acceptors (Lipinski definition) is 2.